The Morgan fingerprint density at radius 2 is 1.83 bits per heavy atom. The van der Waals surface area contributed by atoms with E-state index in [0.29, 0.717) is 31.3 Å². The quantitative estimate of drug-likeness (QED) is 0.676. The highest BCUT2D eigenvalue weighted by Gasteiger charge is 2.26. The Balaban J connectivity index is 1.21. The van der Waals surface area contributed by atoms with Gasteiger partial charge in [0.2, 0.25) is 0 Å². The average Bonchev–Trinajstić information content (AvgIpc) is 3.21. The molecule has 0 bridgehead atoms. The van der Waals surface area contributed by atoms with Crippen LogP contribution in [0.2, 0.25) is 0 Å². The molecule has 1 aromatic heterocycles. The molecule has 4 rings (SSSR count). The van der Waals surface area contributed by atoms with Gasteiger partial charge in [-0.1, -0.05) is 36.4 Å². The molecule has 0 radical (unpaired) electrons. The number of carbonyl (C=O) groups is 2. The number of fused-ring (bicyclic) bond motifs is 1. The molecule has 1 aliphatic rings. The molecule has 0 spiro atoms. The summed E-state index contributed by atoms with van der Waals surface area (Å²) >= 11 is 0. The van der Waals surface area contributed by atoms with Crippen LogP contribution in [0.15, 0.2) is 59.0 Å². The van der Waals surface area contributed by atoms with Crippen LogP contribution >= 0.6 is 0 Å². The van der Waals surface area contributed by atoms with E-state index in [0.717, 1.165) is 35.1 Å². The monoisotopic (exact) mass is 406 g/mol. The fourth-order valence-electron chi connectivity index (χ4n) is 3.75. The zero-order valence-corrected chi connectivity index (χ0v) is 17.1. The number of likely N-dealkylation sites (tertiary alicyclic amines) is 1. The van der Waals surface area contributed by atoms with Crippen LogP contribution < -0.4 is 10.1 Å². The van der Waals surface area contributed by atoms with E-state index in [2.05, 4.69) is 5.32 Å². The van der Waals surface area contributed by atoms with Crippen LogP contribution in [0.3, 0.4) is 0 Å². The molecule has 0 unspecified atom stereocenters. The second kappa shape index (κ2) is 9.03. The Morgan fingerprint density at radius 1 is 1.10 bits per heavy atom. The van der Waals surface area contributed by atoms with E-state index in [1.54, 1.807) is 6.07 Å². The van der Waals surface area contributed by atoms with Crippen molar-refractivity contribution >= 4 is 22.8 Å². The number of carbonyl (C=O) groups excluding carboxylic acids is 2. The highest BCUT2D eigenvalue weighted by molar-refractivity contribution is 5.96. The van der Waals surface area contributed by atoms with Gasteiger partial charge in [-0.15, -0.1) is 0 Å². The first-order chi connectivity index (χ1) is 14.6. The molecule has 1 fully saturated rings. The lowest BCUT2D eigenvalue weighted by molar-refractivity contribution is -0.123. The molecule has 1 aliphatic heterocycles. The number of amides is 2. The summed E-state index contributed by atoms with van der Waals surface area (Å²) in [4.78, 5) is 26.7. The van der Waals surface area contributed by atoms with Crippen molar-refractivity contribution in [3.05, 3.63) is 65.9 Å². The van der Waals surface area contributed by atoms with Gasteiger partial charge in [-0.2, -0.15) is 0 Å². The summed E-state index contributed by atoms with van der Waals surface area (Å²) in [5, 5.41) is 3.89. The lowest BCUT2D eigenvalue weighted by Gasteiger charge is -2.31. The molecular weight excluding hydrogens is 380 g/mol. The second-order valence-corrected chi connectivity index (χ2v) is 7.74. The van der Waals surface area contributed by atoms with Crippen LogP contribution in [-0.2, 0) is 4.79 Å². The van der Waals surface area contributed by atoms with Gasteiger partial charge in [0, 0.05) is 25.0 Å². The lowest BCUT2D eigenvalue weighted by Crippen LogP contribution is -2.42. The van der Waals surface area contributed by atoms with E-state index in [1.165, 1.54) is 0 Å². The van der Waals surface area contributed by atoms with E-state index >= 15 is 0 Å². The number of rotatable bonds is 6. The van der Waals surface area contributed by atoms with Crippen molar-refractivity contribution in [2.45, 2.75) is 19.8 Å². The molecule has 156 valence electrons. The van der Waals surface area contributed by atoms with Gasteiger partial charge in [0.05, 0.1) is 0 Å². The molecule has 1 N–H and O–H groups in total. The minimum atomic E-state index is -0.126. The number of hydrogen-bond donors (Lipinski definition) is 1. The number of furan rings is 1. The number of benzene rings is 2. The van der Waals surface area contributed by atoms with Crippen LogP contribution in [0.5, 0.6) is 5.75 Å². The third-order valence-corrected chi connectivity index (χ3v) is 5.58. The summed E-state index contributed by atoms with van der Waals surface area (Å²) < 4.78 is 11.3. The first-order valence-corrected chi connectivity index (χ1v) is 10.3. The predicted molar refractivity (Wildman–Crippen MR) is 115 cm³/mol. The molecule has 6 heteroatoms. The maximum absolute atomic E-state index is 12.7. The minimum absolute atomic E-state index is 0.00817. The van der Waals surface area contributed by atoms with Crippen molar-refractivity contribution in [1.29, 1.82) is 0 Å². The Morgan fingerprint density at radius 3 is 2.60 bits per heavy atom. The summed E-state index contributed by atoms with van der Waals surface area (Å²) in [6.45, 7) is 3.89. The van der Waals surface area contributed by atoms with Gasteiger partial charge in [0.1, 0.15) is 11.3 Å². The van der Waals surface area contributed by atoms with Gasteiger partial charge in [-0.25, -0.2) is 0 Å². The van der Waals surface area contributed by atoms with Crippen molar-refractivity contribution in [3.63, 3.8) is 0 Å². The van der Waals surface area contributed by atoms with Crippen molar-refractivity contribution in [2.24, 2.45) is 5.92 Å². The second-order valence-electron chi connectivity index (χ2n) is 7.74. The number of nitrogens with zero attached hydrogens (tertiary/aromatic N) is 1. The molecule has 2 amide bonds. The Kier molecular flexibility index (Phi) is 6.02. The number of aryl methyl sites for hydroxylation is 1. The Bertz CT molecular complexity index is 1000. The normalized spacial score (nSPS) is 14.6. The highest BCUT2D eigenvalue weighted by Crippen LogP contribution is 2.23. The van der Waals surface area contributed by atoms with Gasteiger partial charge >= 0.3 is 0 Å². The molecule has 0 saturated carbocycles. The first-order valence-electron chi connectivity index (χ1n) is 10.3. The smallest absolute Gasteiger partial charge is 0.289 e. The SMILES string of the molecule is Cc1ccccc1OCC(=O)NCC1CCN(C(=O)c2cc3ccccc3o2)CC1. The van der Waals surface area contributed by atoms with Crippen LogP contribution in [0.25, 0.3) is 11.0 Å². The summed E-state index contributed by atoms with van der Waals surface area (Å²) in [6, 6.07) is 17.1. The molecule has 2 aromatic carbocycles. The Hall–Kier alpha value is -3.28. The standard InChI is InChI=1S/C24H26N2O4/c1-17-6-2-4-8-20(17)29-16-23(27)25-15-18-10-12-26(13-11-18)24(28)22-14-19-7-3-5-9-21(19)30-22/h2-9,14,18H,10-13,15-16H2,1H3,(H,25,27). The van der Waals surface area contributed by atoms with Gasteiger partial charge in [0.15, 0.2) is 12.4 Å². The molecular formula is C24H26N2O4. The van der Waals surface area contributed by atoms with Gasteiger partial charge in [-0.3, -0.25) is 9.59 Å². The van der Waals surface area contributed by atoms with Crippen LogP contribution in [0.1, 0.15) is 29.0 Å². The number of hydrogen-bond acceptors (Lipinski definition) is 4. The molecule has 3 aromatic rings. The molecule has 30 heavy (non-hydrogen) atoms. The van der Waals surface area contributed by atoms with Crippen LogP contribution in [-0.4, -0.2) is 43.0 Å². The predicted octanol–water partition coefficient (Wildman–Crippen LogP) is 3.79. The zero-order valence-electron chi connectivity index (χ0n) is 17.1. The van der Waals surface area contributed by atoms with Gasteiger partial charge < -0.3 is 19.4 Å². The van der Waals surface area contributed by atoms with Crippen LogP contribution in [0, 0.1) is 12.8 Å². The van der Waals surface area contributed by atoms with E-state index in [4.69, 9.17) is 9.15 Å². The summed E-state index contributed by atoms with van der Waals surface area (Å²) in [5.74, 6) is 1.27. The number of ether oxygens (including phenoxy) is 1. The molecule has 6 nitrogen and oxygen atoms in total. The topological polar surface area (TPSA) is 71.8 Å². The fraction of sp³-hybridized carbons (Fsp3) is 0.333. The average molecular weight is 406 g/mol. The third-order valence-electron chi connectivity index (χ3n) is 5.58. The van der Waals surface area contributed by atoms with Crippen molar-refractivity contribution in [1.82, 2.24) is 10.2 Å². The van der Waals surface area contributed by atoms with E-state index < -0.39 is 0 Å². The van der Waals surface area contributed by atoms with Crippen molar-refractivity contribution < 1.29 is 18.7 Å². The number of nitrogens with one attached hydrogen (secondary N) is 1. The van der Waals surface area contributed by atoms with E-state index in [9.17, 15) is 9.59 Å². The maximum Gasteiger partial charge on any atom is 0.289 e. The summed E-state index contributed by atoms with van der Waals surface area (Å²) in [6.07, 6.45) is 1.70. The maximum atomic E-state index is 12.7. The fourth-order valence-corrected chi connectivity index (χ4v) is 3.75. The zero-order chi connectivity index (χ0) is 20.9. The minimum Gasteiger partial charge on any atom is -0.484 e. The summed E-state index contributed by atoms with van der Waals surface area (Å²) in [7, 11) is 0. The highest BCUT2D eigenvalue weighted by atomic mass is 16.5. The van der Waals surface area contributed by atoms with Crippen molar-refractivity contribution in [3.8, 4) is 5.75 Å². The molecule has 0 atom stereocenters. The first kappa shape index (κ1) is 20.0. The molecule has 2 heterocycles. The van der Waals surface area contributed by atoms with Crippen LogP contribution in [0.4, 0.5) is 0 Å². The third kappa shape index (κ3) is 4.64. The number of para-hydroxylation sites is 2. The lowest BCUT2D eigenvalue weighted by atomic mass is 9.96. The Labute approximate surface area is 175 Å². The van der Waals surface area contributed by atoms with Gasteiger partial charge in [0.25, 0.3) is 11.8 Å². The molecule has 0 aliphatic carbocycles. The molecule has 1 saturated heterocycles. The largest absolute Gasteiger partial charge is 0.484 e. The van der Waals surface area contributed by atoms with E-state index in [-0.39, 0.29) is 18.4 Å². The van der Waals surface area contributed by atoms with E-state index in [1.807, 2.05) is 60.4 Å². The number of piperidine rings is 1. The van der Waals surface area contributed by atoms with Crippen molar-refractivity contribution in [2.75, 3.05) is 26.2 Å². The summed E-state index contributed by atoms with van der Waals surface area (Å²) in [5.41, 5.74) is 1.73. The van der Waals surface area contributed by atoms with Gasteiger partial charge in [-0.05, 0) is 49.4 Å².